The molecule has 1 aliphatic rings. The summed E-state index contributed by atoms with van der Waals surface area (Å²) in [6.45, 7) is 0. The number of rotatable bonds is 4. The Morgan fingerprint density at radius 3 is 2.43 bits per heavy atom. The lowest BCUT2D eigenvalue weighted by atomic mass is 9.95. The molecule has 1 amide bonds. The van der Waals surface area contributed by atoms with Gasteiger partial charge in [0.1, 0.15) is 5.76 Å². The van der Waals surface area contributed by atoms with Crippen LogP contribution in [0, 0.1) is 10.1 Å². The molecule has 0 spiro atoms. The topological polar surface area (TPSA) is 85.4 Å². The van der Waals surface area contributed by atoms with E-state index in [1.54, 1.807) is 24.3 Å². The van der Waals surface area contributed by atoms with Gasteiger partial charge in [-0.1, -0.05) is 19.3 Å². The monoisotopic (exact) mass is 314 g/mol. The summed E-state index contributed by atoms with van der Waals surface area (Å²) in [5.41, 5.74) is 0.725. The fourth-order valence-electron chi connectivity index (χ4n) is 2.87. The molecule has 1 aromatic heterocycles. The molecule has 2 aromatic rings. The summed E-state index contributed by atoms with van der Waals surface area (Å²) in [6.07, 6.45) is 5.56. The van der Waals surface area contributed by atoms with Gasteiger partial charge in [0.15, 0.2) is 5.76 Å². The minimum Gasteiger partial charge on any atom is -0.451 e. The van der Waals surface area contributed by atoms with Gasteiger partial charge >= 0.3 is 0 Å². The fourth-order valence-corrected chi connectivity index (χ4v) is 2.87. The van der Waals surface area contributed by atoms with Crippen molar-refractivity contribution in [1.82, 2.24) is 5.32 Å². The van der Waals surface area contributed by atoms with Crippen molar-refractivity contribution in [2.24, 2.45) is 0 Å². The first-order valence-corrected chi connectivity index (χ1v) is 7.79. The highest BCUT2D eigenvalue weighted by molar-refractivity contribution is 5.92. The third kappa shape index (κ3) is 3.59. The SMILES string of the molecule is O=C(NC1CCCCC1)c1ccc(-c2ccc([N+](=O)[O-])cc2)o1. The van der Waals surface area contributed by atoms with Gasteiger partial charge in [-0.15, -0.1) is 0 Å². The Labute approximate surface area is 133 Å². The maximum atomic E-state index is 12.2. The first-order valence-electron chi connectivity index (χ1n) is 7.79. The maximum absolute atomic E-state index is 12.2. The highest BCUT2D eigenvalue weighted by Crippen LogP contribution is 2.25. The van der Waals surface area contributed by atoms with Crippen molar-refractivity contribution in [2.45, 2.75) is 38.1 Å². The second kappa shape index (κ2) is 6.64. The molecule has 1 aliphatic carbocycles. The van der Waals surface area contributed by atoms with Crippen molar-refractivity contribution in [3.05, 3.63) is 52.3 Å². The van der Waals surface area contributed by atoms with Gasteiger partial charge in [-0.25, -0.2) is 0 Å². The third-order valence-electron chi connectivity index (χ3n) is 4.13. The van der Waals surface area contributed by atoms with Crippen molar-refractivity contribution in [3.8, 4) is 11.3 Å². The molecule has 1 fully saturated rings. The van der Waals surface area contributed by atoms with Crippen molar-refractivity contribution >= 4 is 11.6 Å². The molecule has 1 saturated carbocycles. The average molecular weight is 314 g/mol. The Morgan fingerprint density at radius 1 is 1.09 bits per heavy atom. The number of amides is 1. The van der Waals surface area contributed by atoms with Gasteiger partial charge < -0.3 is 9.73 Å². The highest BCUT2D eigenvalue weighted by atomic mass is 16.6. The van der Waals surface area contributed by atoms with Crippen LogP contribution in [-0.4, -0.2) is 16.9 Å². The van der Waals surface area contributed by atoms with Crippen LogP contribution in [0.25, 0.3) is 11.3 Å². The van der Waals surface area contributed by atoms with Gasteiger partial charge in [0.25, 0.3) is 11.6 Å². The standard InChI is InChI=1S/C17H18N2O4/c20-17(18-13-4-2-1-3-5-13)16-11-10-15(23-16)12-6-8-14(9-7-12)19(21)22/h6-11,13H,1-5H2,(H,18,20). The van der Waals surface area contributed by atoms with Gasteiger partial charge in [-0.05, 0) is 37.1 Å². The Hall–Kier alpha value is -2.63. The smallest absolute Gasteiger partial charge is 0.287 e. The summed E-state index contributed by atoms with van der Waals surface area (Å²) < 4.78 is 5.59. The van der Waals surface area contributed by atoms with Crippen LogP contribution in [0.1, 0.15) is 42.7 Å². The van der Waals surface area contributed by atoms with Crippen LogP contribution in [0.4, 0.5) is 5.69 Å². The quantitative estimate of drug-likeness (QED) is 0.684. The Morgan fingerprint density at radius 2 is 1.78 bits per heavy atom. The number of nitrogens with zero attached hydrogens (tertiary/aromatic N) is 1. The Kier molecular flexibility index (Phi) is 4.41. The lowest BCUT2D eigenvalue weighted by Gasteiger charge is -2.22. The predicted molar refractivity (Wildman–Crippen MR) is 85.1 cm³/mol. The van der Waals surface area contributed by atoms with Crippen LogP contribution in [0.3, 0.4) is 0 Å². The number of carbonyl (C=O) groups is 1. The zero-order valence-corrected chi connectivity index (χ0v) is 12.7. The fraction of sp³-hybridized carbons (Fsp3) is 0.353. The van der Waals surface area contributed by atoms with E-state index >= 15 is 0 Å². The molecule has 1 N–H and O–H groups in total. The summed E-state index contributed by atoms with van der Waals surface area (Å²) in [7, 11) is 0. The van der Waals surface area contributed by atoms with Gasteiger partial charge in [-0.2, -0.15) is 0 Å². The van der Waals surface area contributed by atoms with E-state index in [0.29, 0.717) is 11.3 Å². The molecular weight excluding hydrogens is 296 g/mol. The summed E-state index contributed by atoms with van der Waals surface area (Å²) in [5, 5.41) is 13.7. The number of carbonyl (C=O) groups excluding carboxylic acids is 1. The Balaban J connectivity index is 1.69. The van der Waals surface area contributed by atoms with E-state index in [4.69, 9.17) is 4.42 Å². The number of nitro benzene ring substituents is 1. The summed E-state index contributed by atoms with van der Waals surface area (Å²) in [6, 6.07) is 9.62. The molecule has 120 valence electrons. The molecular formula is C17H18N2O4. The van der Waals surface area contributed by atoms with Gasteiger partial charge in [0.2, 0.25) is 0 Å². The highest BCUT2D eigenvalue weighted by Gasteiger charge is 2.19. The van der Waals surface area contributed by atoms with Crippen LogP contribution in [0.5, 0.6) is 0 Å². The van der Waals surface area contributed by atoms with Crippen LogP contribution in [0.15, 0.2) is 40.8 Å². The summed E-state index contributed by atoms with van der Waals surface area (Å²) in [4.78, 5) is 22.4. The van der Waals surface area contributed by atoms with E-state index in [0.717, 1.165) is 25.7 Å². The largest absolute Gasteiger partial charge is 0.451 e. The molecule has 0 aliphatic heterocycles. The maximum Gasteiger partial charge on any atom is 0.287 e. The number of benzene rings is 1. The van der Waals surface area contributed by atoms with E-state index < -0.39 is 4.92 Å². The molecule has 0 radical (unpaired) electrons. The second-order valence-electron chi connectivity index (χ2n) is 5.78. The molecule has 0 bridgehead atoms. The van der Waals surface area contributed by atoms with Gasteiger partial charge in [0, 0.05) is 23.7 Å². The number of nitrogens with one attached hydrogen (secondary N) is 1. The lowest BCUT2D eigenvalue weighted by molar-refractivity contribution is -0.384. The van der Waals surface area contributed by atoms with Crippen LogP contribution < -0.4 is 5.32 Å². The minimum absolute atomic E-state index is 0.0237. The lowest BCUT2D eigenvalue weighted by Crippen LogP contribution is -2.35. The first-order chi connectivity index (χ1) is 11.1. The van der Waals surface area contributed by atoms with Crippen LogP contribution in [-0.2, 0) is 0 Å². The normalized spacial score (nSPS) is 15.3. The van der Waals surface area contributed by atoms with E-state index in [9.17, 15) is 14.9 Å². The van der Waals surface area contributed by atoms with Crippen LogP contribution in [0.2, 0.25) is 0 Å². The van der Waals surface area contributed by atoms with E-state index in [2.05, 4.69) is 5.32 Å². The van der Waals surface area contributed by atoms with Gasteiger partial charge in [-0.3, -0.25) is 14.9 Å². The number of hydrogen-bond acceptors (Lipinski definition) is 4. The summed E-state index contributed by atoms with van der Waals surface area (Å²) in [5.74, 6) is 0.586. The molecule has 3 rings (SSSR count). The molecule has 6 heteroatoms. The molecule has 0 unspecified atom stereocenters. The zero-order valence-electron chi connectivity index (χ0n) is 12.7. The van der Waals surface area contributed by atoms with E-state index in [1.807, 2.05) is 0 Å². The van der Waals surface area contributed by atoms with Crippen molar-refractivity contribution in [1.29, 1.82) is 0 Å². The number of hydrogen-bond donors (Lipinski definition) is 1. The zero-order chi connectivity index (χ0) is 16.2. The number of furan rings is 1. The number of nitro groups is 1. The second-order valence-corrected chi connectivity index (χ2v) is 5.78. The van der Waals surface area contributed by atoms with Crippen molar-refractivity contribution in [2.75, 3.05) is 0 Å². The minimum atomic E-state index is -0.449. The van der Waals surface area contributed by atoms with Gasteiger partial charge in [0.05, 0.1) is 4.92 Å². The molecule has 1 heterocycles. The van der Waals surface area contributed by atoms with Crippen molar-refractivity contribution in [3.63, 3.8) is 0 Å². The molecule has 1 aromatic carbocycles. The molecule has 23 heavy (non-hydrogen) atoms. The number of non-ortho nitro benzene ring substituents is 1. The summed E-state index contributed by atoms with van der Waals surface area (Å²) >= 11 is 0. The van der Waals surface area contributed by atoms with E-state index in [1.165, 1.54) is 18.6 Å². The Bertz CT molecular complexity index is 700. The molecule has 0 atom stereocenters. The molecule has 6 nitrogen and oxygen atoms in total. The third-order valence-corrected chi connectivity index (χ3v) is 4.13. The van der Waals surface area contributed by atoms with Crippen molar-refractivity contribution < 1.29 is 14.1 Å². The predicted octanol–water partition coefficient (Wildman–Crippen LogP) is 3.92. The molecule has 0 saturated heterocycles. The van der Waals surface area contributed by atoms with Crippen LogP contribution >= 0.6 is 0 Å². The average Bonchev–Trinajstić information content (AvgIpc) is 3.06. The first kappa shape index (κ1) is 15.3. The van der Waals surface area contributed by atoms with E-state index in [-0.39, 0.29) is 23.4 Å².